The van der Waals surface area contributed by atoms with Gasteiger partial charge in [-0.15, -0.1) is 10.2 Å². The molecule has 0 amide bonds. The fourth-order valence-corrected chi connectivity index (χ4v) is 2.98. The first kappa shape index (κ1) is 14.7. The van der Waals surface area contributed by atoms with Gasteiger partial charge in [0.15, 0.2) is 11.6 Å². The minimum Gasteiger partial charge on any atom is -0.491 e. The Balaban J connectivity index is 1.60. The van der Waals surface area contributed by atoms with Gasteiger partial charge in [0.2, 0.25) is 0 Å². The smallest absolute Gasteiger partial charge is 0.176 e. The fourth-order valence-electron chi connectivity index (χ4n) is 2.98. The van der Waals surface area contributed by atoms with Crippen molar-refractivity contribution < 1.29 is 4.74 Å². The molecule has 0 aliphatic carbocycles. The molecule has 1 aromatic carbocycles. The molecule has 0 atom stereocenters. The van der Waals surface area contributed by atoms with Crippen LogP contribution in [0.25, 0.3) is 5.82 Å². The lowest BCUT2D eigenvalue weighted by Gasteiger charge is -2.20. The molecule has 3 heterocycles. The lowest BCUT2D eigenvalue weighted by molar-refractivity contribution is 0.331. The number of anilines is 1. The van der Waals surface area contributed by atoms with Crippen molar-refractivity contribution in [2.24, 2.45) is 0 Å². The Bertz CT molecular complexity index is 856. The second kappa shape index (κ2) is 5.96. The van der Waals surface area contributed by atoms with Gasteiger partial charge in [0.1, 0.15) is 12.4 Å². The maximum absolute atomic E-state index is 5.81. The molecule has 0 spiro atoms. The molecule has 0 N–H and O–H groups in total. The number of benzene rings is 1. The molecule has 0 radical (unpaired) electrons. The number of rotatable bonds is 2. The Morgan fingerprint density at radius 2 is 1.79 bits per heavy atom. The summed E-state index contributed by atoms with van der Waals surface area (Å²) in [5, 5.41) is 13.2. The van der Waals surface area contributed by atoms with Gasteiger partial charge in [-0.2, -0.15) is 5.10 Å². The van der Waals surface area contributed by atoms with Crippen molar-refractivity contribution in [3.8, 4) is 11.6 Å². The van der Waals surface area contributed by atoms with Gasteiger partial charge in [0.25, 0.3) is 0 Å². The third-order valence-corrected chi connectivity index (χ3v) is 4.14. The summed E-state index contributed by atoms with van der Waals surface area (Å²) < 4.78 is 7.62. The highest BCUT2D eigenvalue weighted by molar-refractivity contribution is 5.44. The molecular formula is C18H19N5O. The molecular weight excluding hydrogens is 302 g/mol. The van der Waals surface area contributed by atoms with E-state index in [1.807, 2.05) is 54.9 Å². The molecule has 0 unspecified atom stereocenters. The first-order valence-electron chi connectivity index (χ1n) is 8.04. The van der Waals surface area contributed by atoms with Crippen LogP contribution in [0.15, 0.2) is 42.5 Å². The third kappa shape index (κ3) is 2.71. The van der Waals surface area contributed by atoms with Crippen molar-refractivity contribution in [1.29, 1.82) is 0 Å². The molecule has 1 aliphatic heterocycles. The fraction of sp³-hybridized carbons (Fsp3) is 0.278. The van der Waals surface area contributed by atoms with E-state index in [2.05, 4.69) is 26.3 Å². The van der Waals surface area contributed by atoms with E-state index < -0.39 is 0 Å². The SMILES string of the molecule is Cc1cc(C)n(-c2ccc(N3CCOc4ccccc4C3)nn2)n1. The summed E-state index contributed by atoms with van der Waals surface area (Å²) in [6, 6.07) is 14.1. The third-order valence-electron chi connectivity index (χ3n) is 4.14. The summed E-state index contributed by atoms with van der Waals surface area (Å²) in [6.07, 6.45) is 0. The lowest BCUT2D eigenvalue weighted by atomic mass is 10.2. The van der Waals surface area contributed by atoms with Crippen molar-refractivity contribution in [2.75, 3.05) is 18.1 Å². The summed E-state index contributed by atoms with van der Waals surface area (Å²) in [5.41, 5.74) is 3.19. The highest BCUT2D eigenvalue weighted by Gasteiger charge is 2.17. The van der Waals surface area contributed by atoms with Crippen LogP contribution in [-0.4, -0.2) is 33.1 Å². The minimum absolute atomic E-state index is 0.637. The monoisotopic (exact) mass is 321 g/mol. The molecule has 1 aliphatic rings. The van der Waals surface area contributed by atoms with Crippen molar-refractivity contribution in [2.45, 2.75) is 20.4 Å². The van der Waals surface area contributed by atoms with Crippen LogP contribution in [0.4, 0.5) is 5.82 Å². The normalized spacial score (nSPS) is 14.0. The van der Waals surface area contributed by atoms with Crippen molar-refractivity contribution in [3.63, 3.8) is 0 Å². The van der Waals surface area contributed by atoms with Crippen LogP contribution in [0.2, 0.25) is 0 Å². The summed E-state index contributed by atoms with van der Waals surface area (Å²) >= 11 is 0. The van der Waals surface area contributed by atoms with Crippen LogP contribution in [0.3, 0.4) is 0 Å². The maximum atomic E-state index is 5.81. The van der Waals surface area contributed by atoms with Gasteiger partial charge in [-0.25, -0.2) is 4.68 Å². The van der Waals surface area contributed by atoms with E-state index in [1.54, 1.807) is 0 Å². The molecule has 3 aromatic rings. The van der Waals surface area contributed by atoms with Crippen molar-refractivity contribution in [1.82, 2.24) is 20.0 Å². The number of nitrogens with zero attached hydrogens (tertiary/aromatic N) is 5. The number of hydrogen-bond donors (Lipinski definition) is 0. The van der Waals surface area contributed by atoms with Crippen LogP contribution in [0, 0.1) is 13.8 Å². The van der Waals surface area contributed by atoms with Gasteiger partial charge < -0.3 is 9.64 Å². The Labute approximate surface area is 140 Å². The van der Waals surface area contributed by atoms with Gasteiger partial charge in [-0.05, 0) is 38.1 Å². The van der Waals surface area contributed by atoms with E-state index in [1.165, 1.54) is 5.56 Å². The second-order valence-corrected chi connectivity index (χ2v) is 5.97. The Hall–Kier alpha value is -2.89. The molecule has 6 nitrogen and oxygen atoms in total. The zero-order valence-electron chi connectivity index (χ0n) is 13.8. The van der Waals surface area contributed by atoms with Gasteiger partial charge in [-0.1, -0.05) is 18.2 Å². The molecule has 0 bridgehead atoms. The van der Waals surface area contributed by atoms with E-state index in [0.717, 1.165) is 41.9 Å². The standard InChI is InChI=1S/C18H19N5O/c1-13-11-14(2)23(21-13)18-8-7-17(19-20-18)22-9-10-24-16-6-4-3-5-15(16)12-22/h3-8,11H,9-10,12H2,1-2H3. The number of ether oxygens (including phenoxy) is 1. The van der Waals surface area contributed by atoms with Gasteiger partial charge in [0, 0.05) is 17.8 Å². The second-order valence-electron chi connectivity index (χ2n) is 5.97. The summed E-state index contributed by atoms with van der Waals surface area (Å²) in [5.74, 6) is 2.53. The largest absolute Gasteiger partial charge is 0.491 e. The summed E-state index contributed by atoms with van der Waals surface area (Å²) in [6.45, 7) is 6.17. The Morgan fingerprint density at radius 1 is 1.00 bits per heavy atom. The van der Waals surface area contributed by atoms with Crippen LogP contribution in [0.5, 0.6) is 5.75 Å². The van der Waals surface area contributed by atoms with Gasteiger partial charge >= 0.3 is 0 Å². The zero-order valence-corrected chi connectivity index (χ0v) is 13.8. The molecule has 24 heavy (non-hydrogen) atoms. The lowest BCUT2D eigenvalue weighted by Crippen LogP contribution is -2.26. The van der Waals surface area contributed by atoms with Crippen molar-refractivity contribution in [3.05, 3.63) is 59.4 Å². The van der Waals surface area contributed by atoms with Crippen LogP contribution in [0.1, 0.15) is 17.0 Å². The number of aryl methyl sites for hydroxylation is 2. The van der Waals surface area contributed by atoms with E-state index in [-0.39, 0.29) is 0 Å². The first-order valence-corrected chi connectivity index (χ1v) is 8.04. The van der Waals surface area contributed by atoms with Crippen LogP contribution in [-0.2, 0) is 6.54 Å². The molecule has 0 saturated carbocycles. The van der Waals surface area contributed by atoms with E-state index in [4.69, 9.17) is 4.74 Å². The highest BCUT2D eigenvalue weighted by Crippen LogP contribution is 2.25. The van der Waals surface area contributed by atoms with Gasteiger partial charge in [0.05, 0.1) is 12.2 Å². The molecule has 122 valence electrons. The summed E-state index contributed by atoms with van der Waals surface area (Å²) in [7, 11) is 0. The first-order chi connectivity index (χ1) is 11.7. The number of para-hydroxylation sites is 1. The number of hydrogen-bond acceptors (Lipinski definition) is 5. The number of fused-ring (bicyclic) bond motifs is 1. The predicted molar refractivity (Wildman–Crippen MR) is 91.6 cm³/mol. The molecule has 0 saturated heterocycles. The molecule has 6 heteroatoms. The predicted octanol–water partition coefficient (Wildman–Crippen LogP) is 2.68. The van der Waals surface area contributed by atoms with Crippen molar-refractivity contribution >= 4 is 5.82 Å². The van der Waals surface area contributed by atoms with Crippen LogP contribution >= 0.6 is 0 Å². The van der Waals surface area contributed by atoms with E-state index >= 15 is 0 Å². The minimum atomic E-state index is 0.637. The highest BCUT2D eigenvalue weighted by atomic mass is 16.5. The average Bonchev–Trinajstić information content (AvgIpc) is 2.81. The van der Waals surface area contributed by atoms with E-state index in [9.17, 15) is 0 Å². The molecule has 4 rings (SSSR count). The van der Waals surface area contributed by atoms with E-state index in [0.29, 0.717) is 6.61 Å². The maximum Gasteiger partial charge on any atom is 0.176 e. The topological polar surface area (TPSA) is 56.1 Å². The van der Waals surface area contributed by atoms with Crippen LogP contribution < -0.4 is 9.64 Å². The van der Waals surface area contributed by atoms with Gasteiger partial charge in [-0.3, -0.25) is 0 Å². The molecule has 0 fully saturated rings. The zero-order chi connectivity index (χ0) is 16.5. The number of aromatic nitrogens is 4. The Morgan fingerprint density at radius 3 is 2.54 bits per heavy atom. The summed E-state index contributed by atoms with van der Waals surface area (Å²) in [4.78, 5) is 2.18. The Kier molecular flexibility index (Phi) is 3.65. The molecule has 2 aromatic heterocycles. The quantitative estimate of drug-likeness (QED) is 0.726. The average molecular weight is 321 g/mol.